The summed E-state index contributed by atoms with van der Waals surface area (Å²) >= 11 is 6.05. The van der Waals surface area contributed by atoms with Crippen molar-refractivity contribution in [3.8, 4) is 11.5 Å². The molecule has 1 aliphatic rings. The molecule has 1 heterocycles. The molecular weight excluding hydrogens is 412 g/mol. The predicted octanol–water partition coefficient (Wildman–Crippen LogP) is 4.64. The second-order valence-corrected chi connectivity index (χ2v) is 8.69. The van der Waals surface area contributed by atoms with Gasteiger partial charge in [-0.3, -0.25) is 0 Å². The molecule has 0 spiro atoms. The van der Waals surface area contributed by atoms with E-state index in [4.69, 9.17) is 21.1 Å². The van der Waals surface area contributed by atoms with Crippen molar-refractivity contribution in [2.45, 2.75) is 51.3 Å². The SMILES string of the molecule is COc1ccc(CNCc2cccc(Cl)c2)cc1OC[C@@H](O)CN1CCCCCCC1. The number of β-amino-alcohol motifs (C(OH)–C–C–N with tert-alkyl or cyclic N) is 1. The molecule has 31 heavy (non-hydrogen) atoms. The number of aliphatic hydroxyl groups is 1. The molecule has 0 bridgehead atoms. The van der Waals surface area contributed by atoms with Crippen LogP contribution < -0.4 is 14.8 Å². The summed E-state index contributed by atoms with van der Waals surface area (Å²) in [6, 6.07) is 13.8. The van der Waals surface area contributed by atoms with Crippen LogP contribution in [-0.4, -0.2) is 49.5 Å². The molecule has 1 fully saturated rings. The molecule has 1 saturated heterocycles. The number of nitrogens with one attached hydrogen (secondary N) is 1. The van der Waals surface area contributed by atoms with Crippen molar-refractivity contribution in [3.05, 3.63) is 58.6 Å². The number of rotatable bonds is 10. The second-order valence-electron chi connectivity index (χ2n) is 8.25. The van der Waals surface area contributed by atoms with Crippen LogP contribution in [0.3, 0.4) is 0 Å². The Morgan fingerprint density at radius 3 is 2.39 bits per heavy atom. The van der Waals surface area contributed by atoms with Crippen molar-refractivity contribution < 1.29 is 14.6 Å². The summed E-state index contributed by atoms with van der Waals surface area (Å²) in [7, 11) is 1.63. The summed E-state index contributed by atoms with van der Waals surface area (Å²) < 4.78 is 11.4. The Kier molecular flexibility index (Phi) is 9.94. The first kappa shape index (κ1) is 23.9. The molecule has 6 heteroatoms. The van der Waals surface area contributed by atoms with E-state index in [1.165, 1.54) is 32.1 Å². The van der Waals surface area contributed by atoms with Crippen LogP contribution in [0.1, 0.15) is 43.2 Å². The van der Waals surface area contributed by atoms with Gasteiger partial charge in [0, 0.05) is 24.7 Å². The maximum atomic E-state index is 10.5. The summed E-state index contributed by atoms with van der Waals surface area (Å²) in [6.07, 6.45) is 5.83. The number of aliphatic hydroxyl groups excluding tert-OH is 1. The van der Waals surface area contributed by atoms with Gasteiger partial charge in [-0.15, -0.1) is 0 Å². The lowest BCUT2D eigenvalue weighted by atomic mass is 10.1. The van der Waals surface area contributed by atoms with Gasteiger partial charge in [0.1, 0.15) is 12.7 Å². The van der Waals surface area contributed by atoms with Crippen molar-refractivity contribution in [2.75, 3.05) is 33.4 Å². The normalized spacial score (nSPS) is 16.4. The zero-order chi connectivity index (χ0) is 21.9. The first-order valence-corrected chi connectivity index (χ1v) is 11.7. The Balaban J connectivity index is 1.49. The van der Waals surface area contributed by atoms with Crippen LogP contribution in [0.25, 0.3) is 0 Å². The van der Waals surface area contributed by atoms with Crippen molar-refractivity contribution in [1.29, 1.82) is 0 Å². The van der Waals surface area contributed by atoms with Gasteiger partial charge in [0.05, 0.1) is 7.11 Å². The number of methoxy groups -OCH3 is 1. The maximum absolute atomic E-state index is 10.5. The number of halogens is 1. The van der Waals surface area contributed by atoms with Crippen LogP contribution in [0.4, 0.5) is 0 Å². The van der Waals surface area contributed by atoms with Crippen molar-refractivity contribution in [3.63, 3.8) is 0 Å². The van der Waals surface area contributed by atoms with E-state index in [9.17, 15) is 5.11 Å². The molecule has 5 nitrogen and oxygen atoms in total. The highest BCUT2D eigenvalue weighted by Crippen LogP contribution is 2.28. The number of hydrogen-bond donors (Lipinski definition) is 2. The van der Waals surface area contributed by atoms with Crippen molar-refractivity contribution in [1.82, 2.24) is 10.2 Å². The van der Waals surface area contributed by atoms with Gasteiger partial charge in [-0.25, -0.2) is 0 Å². The number of nitrogens with zero attached hydrogens (tertiary/aromatic N) is 1. The van der Waals surface area contributed by atoms with Gasteiger partial charge in [-0.1, -0.05) is 49.1 Å². The van der Waals surface area contributed by atoms with Gasteiger partial charge < -0.3 is 24.8 Å². The molecule has 0 unspecified atom stereocenters. The highest BCUT2D eigenvalue weighted by atomic mass is 35.5. The minimum absolute atomic E-state index is 0.256. The summed E-state index contributed by atoms with van der Waals surface area (Å²) in [4.78, 5) is 2.36. The number of ether oxygens (including phenoxy) is 2. The van der Waals surface area contributed by atoms with E-state index >= 15 is 0 Å². The van der Waals surface area contributed by atoms with Gasteiger partial charge in [-0.05, 0) is 61.3 Å². The van der Waals surface area contributed by atoms with Crippen LogP contribution in [0.5, 0.6) is 11.5 Å². The van der Waals surface area contributed by atoms with E-state index < -0.39 is 6.10 Å². The summed E-state index contributed by atoms with van der Waals surface area (Å²) in [5.74, 6) is 1.34. The predicted molar refractivity (Wildman–Crippen MR) is 126 cm³/mol. The topological polar surface area (TPSA) is 54.0 Å². The number of likely N-dealkylation sites (tertiary alicyclic amines) is 1. The molecule has 2 aromatic carbocycles. The van der Waals surface area contributed by atoms with E-state index in [0.717, 1.165) is 35.8 Å². The average Bonchev–Trinajstić information content (AvgIpc) is 2.74. The Morgan fingerprint density at radius 2 is 1.68 bits per heavy atom. The van der Waals surface area contributed by atoms with Gasteiger partial charge in [-0.2, -0.15) is 0 Å². The molecule has 2 N–H and O–H groups in total. The summed E-state index contributed by atoms with van der Waals surface area (Å²) in [6.45, 7) is 4.47. The molecule has 0 aromatic heterocycles. The molecule has 1 aliphatic heterocycles. The minimum Gasteiger partial charge on any atom is -0.493 e. The molecule has 3 rings (SSSR count). The lowest BCUT2D eigenvalue weighted by Gasteiger charge is -2.26. The lowest BCUT2D eigenvalue weighted by molar-refractivity contribution is 0.0644. The van der Waals surface area contributed by atoms with Gasteiger partial charge in [0.15, 0.2) is 11.5 Å². The fourth-order valence-electron chi connectivity index (χ4n) is 3.97. The van der Waals surface area contributed by atoms with E-state index in [-0.39, 0.29) is 6.61 Å². The fourth-order valence-corrected chi connectivity index (χ4v) is 4.19. The van der Waals surface area contributed by atoms with Crippen LogP contribution in [0.15, 0.2) is 42.5 Å². The van der Waals surface area contributed by atoms with Crippen LogP contribution in [0, 0.1) is 0 Å². The minimum atomic E-state index is -0.520. The summed E-state index contributed by atoms with van der Waals surface area (Å²) in [5.41, 5.74) is 2.24. The first-order chi connectivity index (χ1) is 15.1. The molecule has 1 atom stereocenters. The van der Waals surface area contributed by atoms with Crippen molar-refractivity contribution >= 4 is 11.6 Å². The number of hydrogen-bond acceptors (Lipinski definition) is 5. The molecule has 0 amide bonds. The summed E-state index contributed by atoms with van der Waals surface area (Å²) in [5, 5.41) is 14.7. The van der Waals surface area contributed by atoms with E-state index in [0.29, 0.717) is 24.6 Å². The Hall–Kier alpha value is -1.79. The smallest absolute Gasteiger partial charge is 0.161 e. The second kappa shape index (κ2) is 12.9. The Labute approximate surface area is 191 Å². The van der Waals surface area contributed by atoms with Crippen molar-refractivity contribution in [2.24, 2.45) is 0 Å². The van der Waals surface area contributed by atoms with Crippen LogP contribution >= 0.6 is 11.6 Å². The third kappa shape index (κ3) is 8.34. The largest absolute Gasteiger partial charge is 0.493 e. The molecule has 0 radical (unpaired) electrons. The third-order valence-corrected chi connectivity index (χ3v) is 5.86. The highest BCUT2D eigenvalue weighted by Gasteiger charge is 2.15. The van der Waals surface area contributed by atoms with Crippen LogP contribution in [0.2, 0.25) is 5.02 Å². The zero-order valence-electron chi connectivity index (χ0n) is 18.5. The zero-order valence-corrected chi connectivity index (χ0v) is 19.2. The average molecular weight is 447 g/mol. The molecule has 2 aromatic rings. The fraction of sp³-hybridized carbons (Fsp3) is 0.520. The molecule has 0 saturated carbocycles. The quantitative estimate of drug-likeness (QED) is 0.556. The first-order valence-electron chi connectivity index (χ1n) is 11.3. The highest BCUT2D eigenvalue weighted by molar-refractivity contribution is 6.30. The molecule has 0 aliphatic carbocycles. The lowest BCUT2D eigenvalue weighted by Crippen LogP contribution is -2.37. The maximum Gasteiger partial charge on any atom is 0.161 e. The third-order valence-electron chi connectivity index (χ3n) is 5.62. The van der Waals surface area contributed by atoms with E-state index in [1.54, 1.807) is 7.11 Å². The van der Waals surface area contributed by atoms with Gasteiger partial charge >= 0.3 is 0 Å². The monoisotopic (exact) mass is 446 g/mol. The standard InChI is InChI=1S/C25H35ClN2O3/c1-30-24-11-10-21(17-27-16-20-8-7-9-22(26)14-20)15-25(24)31-19-23(29)18-28-12-5-3-2-4-6-13-28/h7-11,14-15,23,27,29H,2-6,12-13,16-19H2,1H3/t23-/m0/s1. The molecule has 170 valence electrons. The van der Waals surface area contributed by atoms with E-state index in [2.05, 4.69) is 16.3 Å². The number of benzene rings is 2. The van der Waals surface area contributed by atoms with E-state index in [1.807, 2.05) is 36.4 Å². The van der Waals surface area contributed by atoms with Crippen LogP contribution in [-0.2, 0) is 13.1 Å². The molecular formula is C25H35ClN2O3. The van der Waals surface area contributed by atoms with Gasteiger partial charge in [0.25, 0.3) is 0 Å². The Morgan fingerprint density at radius 1 is 0.968 bits per heavy atom. The Bertz CT molecular complexity index is 794. The van der Waals surface area contributed by atoms with Gasteiger partial charge in [0.2, 0.25) is 0 Å².